The first kappa shape index (κ1) is 19.3. The number of anilines is 1. The predicted octanol–water partition coefficient (Wildman–Crippen LogP) is 1.13. The molecule has 28 heavy (non-hydrogen) atoms. The Balaban J connectivity index is 1.49. The monoisotopic (exact) mass is 384 g/mol. The van der Waals surface area contributed by atoms with E-state index < -0.39 is 0 Å². The molecule has 146 valence electrons. The van der Waals surface area contributed by atoms with E-state index in [1.54, 1.807) is 42.5 Å². The lowest BCUT2D eigenvalue weighted by molar-refractivity contribution is -0.136. The van der Waals surface area contributed by atoms with Crippen LogP contribution in [0.5, 0.6) is 0 Å². The molecule has 0 spiro atoms. The lowest BCUT2D eigenvalue weighted by Gasteiger charge is -2.26. The van der Waals surface area contributed by atoms with Gasteiger partial charge in [-0.05, 0) is 30.3 Å². The van der Waals surface area contributed by atoms with Crippen molar-refractivity contribution in [1.82, 2.24) is 15.5 Å². The molecule has 1 heterocycles. The first-order chi connectivity index (χ1) is 13.5. The van der Waals surface area contributed by atoms with Crippen LogP contribution in [0.4, 0.5) is 10.1 Å². The van der Waals surface area contributed by atoms with Crippen LogP contribution in [-0.4, -0.2) is 48.8 Å². The molecule has 2 aromatic rings. The molecule has 8 heteroatoms. The maximum Gasteiger partial charge on any atom is 0.251 e. The fourth-order valence-corrected chi connectivity index (χ4v) is 2.80. The van der Waals surface area contributed by atoms with E-state index in [-0.39, 0.29) is 43.2 Å². The first-order valence-corrected chi connectivity index (χ1v) is 8.93. The highest BCUT2D eigenvalue weighted by Crippen LogP contribution is 2.11. The molecule has 1 fully saturated rings. The number of rotatable bonds is 6. The van der Waals surface area contributed by atoms with Gasteiger partial charge in [0, 0.05) is 36.4 Å². The van der Waals surface area contributed by atoms with Gasteiger partial charge in [-0.25, -0.2) is 4.39 Å². The molecule has 1 saturated heterocycles. The number of nitrogens with one attached hydrogen (secondary N) is 3. The van der Waals surface area contributed by atoms with Crippen LogP contribution in [0.25, 0.3) is 0 Å². The number of amides is 3. The summed E-state index contributed by atoms with van der Waals surface area (Å²) in [5.41, 5.74) is 1.53. The average Bonchev–Trinajstić information content (AvgIpc) is 2.71. The normalized spacial score (nSPS) is 13.6. The Bertz CT molecular complexity index is 870. The summed E-state index contributed by atoms with van der Waals surface area (Å²) in [6.07, 6.45) is 0. The Labute approximate surface area is 161 Å². The number of benzene rings is 2. The Morgan fingerprint density at radius 2 is 1.86 bits per heavy atom. The average molecular weight is 384 g/mol. The number of piperazine rings is 1. The molecule has 3 N–H and O–H groups in total. The molecule has 0 atom stereocenters. The zero-order chi connectivity index (χ0) is 19.9. The third-order valence-corrected chi connectivity index (χ3v) is 4.38. The smallest absolute Gasteiger partial charge is 0.251 e. The van der Waals surface area contributed by atoms with Crippen molar-refractivity contribution in [2.24, 2.45) is 0 Å². The van der Waals surface area contributed by atoms with Crippen molar-refractivity contribution >= 4 is 23.4 Å². The van der Waals surface area contributed by atoms with Crippen molar-refractivity contribution in [3.05, 3.63) is 65.5 Å². The van der Waals surface area contributed by atoms with Crippen molar-refractivity contribution in [2.45, 2.75) is 6.54 Å². The van der Waals surface area contributed by atoms with E-state index in [1.807, 2.05) is 0 Å². The van der Waals surface area contributed by atoms with Crippen molar-refractivity contribution in [3.8, 4) is 0 Å². The molecule has 2 aromatic carbocycles. The minimum Gasteiger partial charge on any atom is -0.376 e. The summed E-state index contributed by atoms with van der Waals surface area (Å²) in [5, 5.41) is 8.33. The zero-order valence-corrected chi connectivity index (χ0v) is 15.2. The van der Waals surface area contributed by atoms with Crippen molar-refractivity contribution in [2.75, 3.05) is 31.5 Å². The van der Waals surface area contributed by atoms with E-state index in [0.29, 0.717) is 29.9 Å². The van der Waals surface area contributed by atoms with Gasteiger partial charge in [0.25, 0.3) is 5.91 Å². The van der Waals surface area contributed by atoms with Crippen LogP contribution in [0.2, 0.25) is 0 Å². The molecule has 0 bridgehead atoms. The van der Waals surface area contributed by atoms with E-state index in [4.69, 9.17) is 0 Å². The van der Waals surface area contributed by atoms with Crippen LogP contribution in [0.15, 0.2) is 48.5 Å². The Hall–Kier alpha value is -3.42. The predicted molar refractivity (Wildman–Crippen MR) is 102 cm³/mol. The van der Waals surface area contributed by atoms with Crippen molar-refractivity contribution < 1.29 is 18.8 Å². The highest BCUT2D eigenvalue weighted by Gasteiger charge is 2.20. The van der Waals surface area contributed by atoms with Gasteiger partial charge in [-0.15, -0.1) is 0 Å². The molecule has 0 unspecified atom stereocenters. The molecule has 0 aromatic heterocycles. The summed E-state index contributed by atoms with van der Waals surface area (Å²) in [6.45, 7) is 1.19. The minimum atomic E-state index is -0.363. The molecule has 3 amide bonds. The molecule has 3 rings (SSSR count). The van der Waals surface area contributed by atoms with Gasteiger partial charge in [0.1, 0.15) is 5.82 Å². The van der Waals surface area contributed by atoms with Crippen LogP contribution in [0, 0.1) is 5.82 Å². The summed E-state index contributed by atoms with van der Waals surface area (Å²) in [5.74, 6) is -1.00. The molecular formula is C20H21FN4O3. The summed E-state index contributed by atoms with van der Waals surface area (Å²) in [4.78, 5) is 37.1. The molecule has 1 aliphatic rings. The van der Waals surface area contributed by atoms with Gasteiger partial charge in [0.05, 0.1) is 13.1 Å². The summed E-state index contributed by atoms with van der Waals surface area (Å²) in [7, 11) is 0. The molecular weight excluding hydrogens is 363 g/mol. The van der Waals surface area contributed by atoms with Gasteiger partial charge < -0.3 is 20.9 Å². The van der Waals surface area contributed by atoms with Gasteiger partial charge >= 0.3 is 0 Å². The van der Waals surface area contributed by atoms with Gasteiger partial charge in [0.15, 0.2) is 0 Å². The number of hydrogen-bond donors (Lipinski definition) is 3. The van der Waals surface area contributed by atoms with Gasteiger partial charge in [-0.3, -0.25) is 14.4 Å². The summed E-state index contributed by atoms with van der Waals surface area (Å²) >= 11 is 0. The fourth-order valence-electron chi connectivity index (χ4n) is 2.80. The van der Waals surface area contributed by atoms with E-state index in [9.17, 15) is 18.8 Å². The van der Waals surface area contributed by atoms with E-state index in [1.165, 1.54) is 11.0 Å². The molecule has 0 radical (unpaired) electrons. The van der Waals surface area contributed by atoms with Crippen LogP contribution in [0.3, 0.4) is 0 Å². The van der Waals surface area contributed by atoms with Gasteiger partial charge in [-0.1, -0.05) is 18.2 Å². The third-order valence-electron chi connectivity index (χ3n) is 4.38. The van der Waals surface area contributed by atoms with E-state index >= 15 is 0 Å². The lowest BCUT2D eigenvalue weighted by atomic mass is 10.1. The fraction of sp³-hybridized carbons (Fsp3) is 0.250. The second-order valence-electron chi connectivity index (χ2n) is 6.37. The quantitative estimate of drug-likeness (QED) is 0.696. The lowest BCUT2D eigenvalue weighted by Crippen LogP contribution is -2.51. The number of carbonyl (C=O) groups is 3. The highest BCUT2D eigenvalue weighted by molar-refractivity contribution is 5.94. The van der Waals surface area contributed by atoms with Crippen molar-refractivity contribution in [3.63, 3.8) is 0 Å². The Morgan fingerprint density at radius 3 is 2.57 bits per heavy atom. The minimum absolute atomic E-state index is 0.0616. The van der Waals surface area contributed by atoms with Crippen LogP contribution >= 0.6 is 0 Å². The third kappa shape index (κ3) is 5.06. The SMILES string of the molecule is O=C1CN(C(=O)CNc2ccc(C(=O)NCc3ccccc3F)cc2)CCN1. The molecule has 7 nitrogen and oxygen atoms in total. The van der Waals surface area contributed by atoms with E-state index in [2.05, 4.69) is 16.0 Å². The van der Waals surface area contributed by atoms with Crippen LogP contribution in [0.1, 0.15) is 15.9 Å². The number of nitrogens with zero attached hydrogens (tertiary/aromatic N) is 1. The van der Waals surface area contributed by atoms with Gasteiger partial charge in [0.2, 0.25) is 11.8 Å². The highest BCUT2D eigenvalue weighted by atomic mass is 19.1. The topological polar surface area (TPSA) is 90.5 Å². The maximum atomic E-state index is 13.6. The second-order valence-corrected chi connectivity index (χ2v) is 6.37. The summed E-state index contributed by atoms with van der Waals surface area (Å²) < 4.78 is 13.6. The number of carbonyl (C=O) groups excluding carboxylic acids is 3. The number of hydrogen-bond acceptors (Lipinski definition) is 4. The van der Waals surface area contributed by atoms with Crippen molar-refractivity contribution in [1.29, 1.82) is 0 Å². The maximum absolute atomic E-state index is 13.6. The second kappa shape index (κ2) is 8.98. The summed E-state index contributed by atoms with van der Waals surface area (Å²) in [6, 6.07) is 12.9. The standard InChI is InChI=1S/C20H21FN4O3/c21-17-4-2-1-3-15(17)11-24-20(28)14-5-7-16(8-6-14)23-12-19(27)25-10-9-22-18(26)13-25/h1-8,23H,9-13H2,(H,22,26)(H,24,28). The van der Waals surface area contributed by atoms with Crippen LogP contribution < -0.4 is 16.0 Å². The Kier molecular flexibility index (Phi) is 6.21. The molecule has 0 saturated carbocycles. The molecule has 1 aliphatic heterocycles. The molecule has 0 aliphatic carbocycles. The number of halogens is 1. The Morgan fingerprint density at radius 1 is 1.11 bits per heavy atom. The van der Waals surface area contributed by atoms with Gasteiger partial charge in [-0.2, -0.15) is 0 Å². The van der Waals surface area contributed by atoms with Crippen LogP contribution in [-0.2, 0) is 16.1 Å². The first-order valence-electron chi connectivity index (χ1n) is 8.93. The van der Waals surface area contributed by atoms with E-state index in [0.717, 1.165) is 0 Å². The zero-order valence-electron chi connectivity index (χ0n) is 15.2. The largest absolute Gasteiger partial charge is 0.376 e.